The van der Waals surface area contributed by atoms with Gasteiger partial charge in [0.15, 0.2) is 5.88 Å². The van der Waals surface area contributed by atoms with Crippen molar-refractivity contribution >= 4 is 33.9 Å². The SMILES string of the molecule is CN(C)CCCc1ccc(N=C(c2ccccc2)c2c(O)[nH]c3cc(Cl)ccc23)cc1. The van der Waals surface area contributed by atoms with Crippen LogP contribution in [0.5, 0.6) is 5.88 Å². The van der Waals surface area contributed by atoms with Crippen molar-refractivity contribution in [2.75, 3.05) is 20.6 Å². The summed E-state index contributed by atoms with van der Waals surface area (Å²) in [6, 6.07) is 23.8. The lowest BCUT2D eigenvalue weighted by molar-refractivity contribution is 0.400. The first-order valence-electron chi connectivity index (χ1n) is 10.4. The van der Waals surface area contributed by atoms with Crippen LogP contribution in [0.4, 0.5) is 5.69 Å². The van der Waals surface area contributed by atoms with E-state index < -0.39 is 0 Å². The molecular weight excluding hydrogens is 406 g/mol. The van der Waals surface area contributed by atoms with Crippen LogP contribution in [0.2, 0.25) is 5.02 Å². The normalized spacial score (nSPS) is 12.1. The molecule has 31 heavy (non-hydrogen) atoms. The van der Waals surface area contributed by atoms with Crippen LogP contribution < -0.4 is 0 Å². The number of benzene rings is 3. The molecule has 0 aliphatic rings. The minimum atomic E-state index is 0.0835. The number of aliphatic imine (C=N–C) groups is 1. The van der Waals surface area contributed by atoms with Gasteiger partial charge in [0, 0.05) is 16.0 Å². The fourth-order valence-corrected chi connectivity index (χ4v) is 3.89. The zero-order valence-corrected chi connectivity index (χ0v) is 18.5. The van der Waals surface area contributed by atoms with Crippen LogP contribution in [0.1, 0.15) is 23.1 Å². The van der Waals surface area contributed by atoms with E-state index in [-0.39, 0.29) is 5.88 Å². The lowest BCUT2D eigenvalue weighted by atomic mass is 10.0. The molecule has 0 fully saturated rings. The molecule has 0 saturated carbocycles. The van der Waals surface area contributed by atoms with E-state index in [2.05, 4.69) is 36.1 Å². The Morgan fingerprint density at radius 3 is 2.45 bits per heavy atom. The Labute approximate surface area is 187 Å². The molecule has 4 rings (SSSR count). The number of aromatic hydroxyl groups is 1. The topological polar surface area (TPSA) is 51.6 Å². The summed E-state index contributed by atoms with van der Waals surface area (Å²) in [4.78, 5) is 10.2. The van der Waals surface area contributed by atoms with Gasteiger partial charge in [-0.3, -0.25) is 0 Å². The maximum Gasteiger partial charge on any atom is 0.199 e. The van der Waals surface area contributed by atoms with Crippen molar-refractivity contribution in [3.8, 4) is 5.88 Å². The lowest BCUT2D eigenvalue weighted by Gasteiger charge is -2.10. The van der Waals surface area contributed by atoms with E-state index in [0.29, 0.717) is 16.3 Å². The highest BCUT2D eigenvalue weighted by molar-refractivity contribution is 6.31. The minimum Gasteiger partial charge on any atom is -0.494 e. The smallest absolute Gasteiger partial charge is 0.199 e. The monoisotopic (exact) mass is 431 g/mol. The Kier molecular flexibility index (Phi) is 6.40. The molecule has 3 aromatic carbocycles. The van der Waals surface area contributed by atoms with Gasteiger partial charge in [-0.25, -0.2) is 4.99 Å². The Morgan fingerprint density at radius 2 is 1.74 bits per heavy atom. The van der Waals surface area contributed by atoms with E-state index in [1.807, 2.05) is 60.7 Å². The van der Waals surface area contributed by atoms with Crippen LogP contribution >= 0.6 is 11.6 Å². The van der Waals surface area contributed by atoms with Gasteiger partial charge >= 0.3 is 0 Å². The molecule has 0 aliphatic heterocycles. The number of hydrogen-bond acceptors (Lipinski definition) is 3. The molecule has 0 amide bonds. The number of nitrogens with one attached hydrogen (secondary N) is 1. The van der Waals surface area contributed by atoms with E-state index in [1.165, 1.54) is 5.56 Å². The molecule has 4 aromatic rings. The number of halogens is 1. The van der Waals surface area contributed by atoms with Crippen LogP contribution in [-0.2, 0) is 6.42 Å². The van der Waals surface area contributed by atoms with Crippen LogP contribution in [-0.4, -0.2) is 41.3 Å². The number of aryl methyl sites for hydroxylation is 1. The molecule has 0 bridgehead atoms. The van der Waals surface area contributed by atoms with E-state index in [9.17, 15) is 5.11 Å². The zero-order chi connectivity index (χ0) is 21.8. The molecule has 0 radical (unpaired) electrons. The van der Waals surface area contributed by atoms with Crippen molar-refractivity contribution < 1.29 is 5.11 Å². The largest absolute Gasteiger partial charge is 0.494 e. The third kappa shape index (κ3) is 4.98. The summed E-state index contributed by atoms with van der Waals surface area (Å²) < 4.78 is 0. The maximum absolute atomic E-state index is 10.7. The van der Waals surface area contributed by atoms with Gasteiger partial charge in [-0.05, 0) is 63.3 Å². The van der Waals surface area contributed by atoms with Gasteiger partial charge in [0.05, 0.1) is 22.5 Å². The molecule has 1 aromatic heterocycles. The van der Waals surface area contributed by atoms with Crippen LogP contribution in [0.25, 0.3) is 10.9 Å². The number of fused-ring (bicyclic) bond motifs is 1. The van der Waals surface area contributed by atoms with E-state index in [1.54, 1.807) is 0 Å². The van der Waals surface area contributed by atoms with Crippen molar-refractivity contribution in [1.82, 2.24) is 9.88 Å². The first kappa shape index (κ1) is 21.2. The molecule has 0 spiro atoms. The summed E-state index contributed by atoms with van der Waals surface area (Å²) in [7, 11) is 4.19. The Balaban J connectivity index is 1.74. The highest BCUT2D eigenvalue weighted by Crippen LogP contribution is 2.32. The minimum absolute atomic E-state index is 0.0835. The number of rotatable bonds is 7. The molecule has 1 heterocycles. The number of aromatic amines is 1. The molecule has 0 atom stereocenters. The van der Waals surface area contributed by atoms with Crippen molar-refractivity contribution in [1.29, 1.82) is 0 Å². The molecule has 158 valence electrons. The van der Waals surface area contributed by atoms with Crippen LogP contribution in [0.3, 0.4) is 0 Å². The standard InChI is InChI=1S/C26H26ClN3O/c1-30(2)16-6-7-18-10-13-21(14-11-18)28-25(19-8-4-3-5-9-19)24-22-15-12-20(27)17-23(22)29-26(24)31/h3-5,8-15,17,29,31H,6-7,16H2,1-2H3. The first-order valence-corrected chi connectivity index (χ1v) is 10.8. The van der Waals surface area contributed by atoms with Gasteiger partial charge < -0.3 is 15.0 Å². The Bertz CT molecular complexity index is 1190. The molecule has 5 heteroatoms. The van der Waals surface area contributed by atoms with Gasteiger partial charge in [-0.2, -0.15) is 0 Å². The van der Waals surface area contributed by atoms with Crippen molar-refractivity contribution in [3.63, 3.8) is 0 Å². The Hall–Kier alpha value is -3.08. The zero-order valence-electron chi connectivity index (χ0n) is 17.8. The van der Waals surface area contributed by atoms with E-state index in [4.69, 9.17) is 16.6 Å². The summed E-state index contributed by atoms with van der Waals surface area (Å²) in [6.45, 7) is 1.07. The molecular formula is C26H26ClN3O. The summed E-state index contributed by atoms with van der Waals surface area (Å²) in [5, 5.41) is 12.2. The molecule has 0 unspecified atom stereocenters. The van der Waals surface area contributed by atoms with E-state index >= 15 is 0 Å². The fourth-order valence-electron chi connectivity index (χ4n) is 3.72. The highest BCUT2D eigenvalue weighted by atomic mass is 35.5. The second-order valence-corrected chi connectivity index (χ2v) is 8.37. The third-order valence-corrected chi connectivity index (χ3v) is 5.51. The predicted molar refractivity (Wildman–Crippen MR) is 130 cm³/mol. The lowest BCUT2D eigenvalue weighted by Crippen LogP contribution is -2.13. The fraction of sp³-hybridized carbons (Fsp3) is 0.192. The van der Waals surface area contributed by atoms with Gasteiger partial charge in [-0.1, -0.05) is 60.1 Å². The summed E-state index contributed by atoms with van der Waals surface area (Å²) in [5.74, 6) is 0.0835. The Morgan fingerprint density at radius 1 is 1.00 bits per heavy atom. The van der Waals surface area contributed by atoms with Gasteiger partial charge in [0.25, 0.3) is 0 Å². The van der Waals surface area contributed by atoms with Gasteiger partial charge in [-0.15, -0.1) is 0 Å². The van der Waals surface area contributed by atoms with Crippen LogP contribution in [0, 0.1) is 0 Å². The number of H-pyrrole nitrogens is 1. The van der Waals surface area contributed by atoms with Crippen molar-refractivity contribution in [3.05, 3.63) is 94.5 Å². The summed E-state index contributed by atoms with van der Waals surface area (Å²) in [6.07, 6.45) is 2.16. The van der Waals surface area contributed by atoms with E-state index in [0.717, 1.165) is 41.5 Å². The third-order valence-electron chi connectivity index (χ3n) is 5.27. The van der Waals surface area contributed by atoms with Crippen LogP contribution in [0.15, 0.2) is 77.8 Å². The predicted octanol–water partition coefficient (Wildman–Crippen LogP) is 6.19. The maximum atomic E-state index is 10.7. The van der Waals surface area contributed by atoms with Crippen molar-refractivity contribution in [2.45, 2.75) is 12.8 Å². The average molecular weight is 432 g/mol. The average Bonchev–Trinajstić information content (AvgIpc) is 3.08. The van der Waals surface area contributed by atoms with Gasteiger partial charge in [0.1, 0.15) is 0 Å². The molecule has 2 N–H and O–H groups in total. The highest BCUT2D eigenvalue weighted by Gasteiger charge is 2.18. The second kappa shape index (κ2) is 9.38. The molecule has 4 nitrogen and oxygen atoms in total. The summed E-state index contributed by atoms with van der Waals surface area (Å²) >= 11 is 6.14. The second-order valence-electron chi connectivity index (χ2n) is 7.94. The summed E-state index contributed by atoms with van der Waals surface area (Å²) in [5.41, 5.74) is 5.24. The first-order chi connectivity index (χ1) is 15.0. The van der Waals surface area contributed by atoms with Gasteiger partial charge in [0.2, 0.25) is 0 Å². The molecule has 0 saturated heterocycles. The number of aromatic nitrogens is 1. The quantitative estimate of drug-likeness (QED) is 0.343. The number of nitrogens with zero attached hydrogens (tertiary/aromatic N) is 2. The molecule has 0 aliphatic carbocycles. The number of hydrogen-bond donors (Lipinski definition) is 2. The van der Waals surface area contributed by atoms with Crippen molar-refractivity contribution in [2.24, 2.45) is 4.99 Å².